The summed E-state index contributed by atoms with van der Waals surface area (Å²) < 4.78 is 29.3. The zero-order chi connectivity index (χ0) is 17.3. The van der Waals surface area contributed by atoms with Gasteiger partial charge in [-0.1, -0.05) is 6.07 Å². The van der Waals surface area contributed by atoms with Gasteiger partial charge in [-0.2, -0.15) is 5.10 Å². The van der Waals surface area contributed by atoms with Crippen LogP contribution in [0, 0.1) is 11.6 Å². The first-order chi connectivity index (χ1) is 11.5. The van der Waals surface area contributed by atoms with E-state index >= 15 is 0 Å². The van der Waals surface area contributed by atoms with Gasteiger partial charge in [-0.15, -0.1) is 0 Å². The number of fused-ring (bicyclic) bond motifs is 1. The van der Waals surface area contributed by atoms with E-state index in [4.69, 9.17) is 5.73 Å². The number of aromatic nitrogens is 2. The van der Waals surface area contributed by atoms with Gasteiger partial charge < -0.3 is 11.1 Å². The molecule has 7 heteroatoms. The predicted octanol–water partition coefficient (Wildman–Crippen LogP) is 2.05. The number of primary amides is 1. The van der Waals surface area contributed by atoms with Crippen molar-refractivity contribution >= 4 is 16.8 Å². The minimum Gasteiger partial charge on any atom is -0.369 e. The van der Waals surface area contributed by atoms with Crippen molar-refractivity contribution in [2.75, 3.05) is 7.05 Å². The third-order valence-corrected chi connectivity index (χ3v) is 3.69. The number of amides is 1. The van der Waals surface area contributed by atoms with E-state index in [1.54, 1.807) is 25.4 Å². The summed E-state index contributed by atoms with van der Waals surface area (Å²) in [6.45, 7) is 0.418. The number of carbonyl (C=O) groups excluding carboxylic acids is 1. The van der Waals surface area contributed by atoms with Gasteiger partial charge in [-0.05, 0) is 36.9 Å². The highest BCUT2D eigenvalue weighted by atomic mass is 19.1. The van der Waals surface area contributed by atoms with E-state index in [0.717, 1.165) is 0 Å². The zero-order valence-corrected chi connectivity index (χ0v) is 13.0. The topological polar surface area (TPSA) is 72.9 Å². The highest BCUT2D eigenvalue weighted by molar-refractivity contribution is 5.87. The number of halogens is 2. The minimum absolute atomic E-state index is 0.110. The second-order valence-electron chi connectivity index (χ2n) is 5.53. The molecule has 3 N–H and O–H groups in total. The number of benzene rings is 2. The van der Waals surface area contributed by atoms with Crippen LogP contribution >= 0.6 is 0 Å². The van der Waals surface area contributed by atoms with Crippen molar-refractivity contribution in [1.29, 1.82) is 0 Å². The molecule has 2 aromatic carbocycles. The minimum atomic E-state index is -0.570. The van der Waals surface area contributed by atoms with Crippen molar-refractivity contribution in [3.05, 3.63) is 59.3 Å². The average molecular weight is 330 g/mol. The zero-order valence-electron chi connectivity index (χ0n) is 13.0. The molecule has 0 spiro atoms. The van der Waals surface area contributed by atoms with E-state index in [2.05, 4.69) is 10.4 Å². The van der Waals surface area contributed by atoms with Crippen LogP contribution in [0.25, 0.3) is 16.6 Å². The summed E-state index contributed by atoms with van der Waals surface area (Å²) in [6.07, 6.45) is 1.48. The summed E-state index contributed by atoms with van der Waals surface area (Å²) in [7, 11) is 1.74. The molecular formula is C17H16F2N4O. The molecule has 124 valence electrons. The lowest BCUT2D eigenvalue weighted by molar-refractivity contribution is -0.117. The molecule has 0 atom stereocenters. The van der Waals surface area contributed by atoms with Crippen molar-refractivity contribution in [1.82, 2.24) is 15.1 Å². The number of nitrogens with two attached hydrogens (primary N) is 1. The molecule has 0 fully saturated rings. The normalized spacial score (nSPS) is 11.1. The summed E-state index contributed by atoms with van der Waals surface area (Å²) in [5.41, 5.74) is 7.12. The SMILES string of the molecule is CNCc1ccc(-n2cc3cc(F)cc(CC(N)=O)c3n2)cc1F. The maximum Gasteiger partial charge on any atom is 0.221 e. The number of carbonyl (C=O) groups is 1. The smallest absolute Gasteiger partial charge is 0.221 e. The molecule has 0 saturated carbocycles. The summed E-state index contributed by atoms with van der Waals surface area (Å²) in [6, 6.07) is 7.31. The van der Waals surface area contributed by atoms with Gasteiger partial charge in [0, 0.05) is 23.7 Å². The van der Waals surface area contributed by atoms with Crippen LogP contribution in [-0.2, 0) is 17.8 Å². The quantitative estimate of drug-likeness (QED) is 0.752. The van der Waals surface area contributed by atoms with Crippen LogP contribution in [0.3, 0.4) is 0 Å². The molecule has 0 unspecified atom stereocenters. The summed E-state index contributed by atoms with van der Waals surface area (Å²) in [4.78, 5) is 11.2. The van der Waals surface area contributed by atoms with Gasteiger partial charge in [0.05, 0.1) is 17.6 Å². The van der Waals surface area contributed by atoms with Crippen molar-refractivity contribution in [3.8, 4) is 5.69 Å². The molecule has 0 aliphatic rings. The second-order valence-corrected chi connectivity index (χ2v) is 5.53. The molecule has 0 bridgehead atoms. The van der Waals surface area contributed by atoms with Gasteiger partial charge in [-0.3, -0.25) is 4.79 Å². The van der Waals surface area contributed by atoms with E-state index < -0.39 is 11.7 Å². The molecule has 1 aromatic heterocycles. The Morgan fingerprint density at radius 2 is 2.04 bits per heavy atom. The van der Waals surface area contributed by atoms with E-state index in [0.29, 0.717) is 34.3 Å². The van der Waals surface area contributed by atoms with Crippen LogP contribution in [0.2, 0.25) is 0 Å². The van der Waals surface area contributed by atoms with Gasteiger partial charge in [-0.25, -0.2) is 13.5 Å². The lowest BCUT2D eigenvalue weighted by Crippen LogP contribution is -2.14. The maximum absolute atomic E-state index is 14.1. The molecule has 1 amide bonds. The Bertz CT molecular complexity index is 920. The van der Waals surface area contributed by atoms with Gasteiger partial charge >= 0.3 is 0 Å². The third-order valence-electron chi connectivity index (χ3n) is 3.69. The van der Waals surface area contributed by atoms with E-state index in [9.17, 15) is 13.6 Å². The molecule has 0 aliphatic heterocycles. The van der Waals surface area contributed by atoms with Gasteiger partial charge in [0.2, 0.25) is 5.91 Å². The standard InChI is InChI=1S/C17H16F2N4O/c1-21-8-10-2-3-14(7-15(10)19)23-9-12-5-13(18)4-11(6-16(20)24)17(12)22-23/h2-5,7,9,21H,6,8H2,1H3,(H2,20,24). The fraction of sp³-hybridized carbons (Fsp3) is 0.176. The molecule has 0 aliphatic carbocycles. The van der Waals surface area contributed by atoms with E-state index in [1.807, 2.05) is 0 Å². The van der Waals surface area contributed by atoms with Crippen LogP contribution in [0.1, 0.15) is 11.1 Å². The second kappa shape index (κ2) is 6.37. The van der Waals surface area contributed by atoms with Gasteiger partial charge in [0.1, 0.15) is 11.6 Å². The molecule has 24 heavy (non-hydrogen) atoms. The maximum atomic E-state index is 14.1. The van der Waals surface area contributed by atoms with E-state index in [-0.39, 0.29) is 12.2 Å². The van der Waals surface area contributed by atoms with Crippen molar-refractivity contribution in [2.45, 2.75) is 13.0 Å². The van der Waals surface area contributed by atoms with Crippen LogP contribution < -0.4 is 11.1 Å². The Labute approximate surface area is 137 Å². The molecular weight excluding hydrogens is 314 g/mol. The largest absolute Gasteiger partial charge is 0.369 e. The lowest BCUT2D eigenvalue weighted by Gasteiger charge is -2.05. The summed E-state index contributed by atoms with van der Waals surface area (Å²) >= 11 is 0. The molecule has 1 heterocycles. The van der Waals surface area contributed by atoms with Crippen LogP contribution in [0.4, 0.5) is 8.78 Å². The molecule has 0 saturated heterocycles. The lowest BCUT2D eigenvalue weighted by atomic mass is 10.1. The molecule has 0 radical (unpaired) electrons. The Morgan fingerprint density at radius 1 is 1.25 bits per heavy atom. The first-order valence-electron chi connectivity index (χ1n) is 7.37. The molecule has 5 nitrogen and oxygen atoms in total. The van der Waals surface area contributed by atoms with Crippen LogP contribution in [0.5, 0.6) is 0 Å². The Morgan fingerprint density at radius 3 is 2.71 bits per heavy atom. The fourth-order valence-electron chi connectivity index (χ4n) is 2.63. The summed E-state index contributed by atoms with van der Waals surface area (Å²) in [5, 5.41) is 7.76. The van der Waals surface area contributed by atoms with Crippen molar-refractivity contribution < 1.29 is 13.6 Å². The van der Waals surface area contributed by atoms with Crippen molar-refractivity contribution in [2.24, 2.45) is 5.73 Å². The fourth-order valence-corrected chi connectivity index (χ4v) is 2.63. The Balaban J connectivity index is 2.07. The number of rotatable bonds is 5. The highest BCUT2D eigenvalue weighted by Crippen LogP contribution is 2.22. The Hall–Kier alpha value is -2.80. The Kier molecular flexibility index (Phi) is 4.26. The number of hydrogen-bond donors (Lipinski definition) is 2. The number of nitrogens with one attached hydrogen (secondary N) is 1. The third kappa shape index (κ3) is 3.11. The van der Waals surface area contributed by atoms with Gasteiger partial charge in [0.15, 0.2) is 0 Å². The highest BCUT2D eigenvalue weighted by Gasteiger charge is 2.12. The predicted molar refractivity (Wildman–Crippen MR) is 86.6 cm³/mol. The van der Waals surface area contributed by atoms with E-state index in [1.165, 1.54) is 22.9 Å². The van der Waals surface area contributed by atoms with Crippen LogP contribution in [-0.4, -0.2) is 22.7 Å². The monoisotopic (exact) mass is 330 g/mol. The number of nitrogens with zero attached hydrogens (tertiary/aromatic N) is 2. The first-order valence-corrected chi connectivity index (χ1v) is 7.37. The van der Waals surface area contributed by atoms with Gasteiger partial charge in [0.25, 0.3) is 0 Å². The van der Waals surface area contributed by atoms with Crippen LogP contribution in [0.15, 0.2) is 36.5 Å². The number of hydrogen-bond acceptors (Lipinski definition) is 3. The molecule has 3 rings (SSSR count). The average Bonchev–Trinajstić information content (AvgIpc) is 2.93. The molecule has 3 aromatic rings. The van der Waals surface area contributed by atoms with Crippen molar-refractivity contribution in [3.63, 3.8) is 0 Å². The first kappa shape index (κ1) is 16.1. The summed E-state index contributed by atoms with van der Waals surface area (Å²) in [5.74, 6) is -1.40.